The van der Waals surface area contributed by atoms with E-state index in [0.29, 0.717) is 30.5 Å². The van der Waals surface area contributed by atoms with Crippen LogP contribution in [0.2, 0.25) is 0 Å². The molecule has 1 saturated carbocycles. The van der Waals surface area contributed by atoms with Gasteiger partial charge in [0.25, 0.3) is 5.91 Å². The average Bonchev–Trinajstić information content (AvgIpc) is 2.92. The summed E-state index contributed by atoms with van der Waals surface area (Å²) >= 11 is 0. The molecule has 2 aromatic rings. The summed E-state index contributed by atoms with van der Waals surface area (Å²) < 4.78 is 0. The van der Waals surface area contributed by atoms with E-state index in [4.69, 9.17) is 21.6 Å². The average molecular weight is 553 g/mol. The number of rotatable bonds is 11. The first kappa shape index (κ1) is 28.6. The molecule has 0 saturated heterocycles. The lowest BCUT2D eigenvalue weighted by molar-refractivity contribution is -0.140. The molecule has 13 nitrogen and oxygen atoms in total. The zero-order chi connectivity index (χ0) is 28.8. The lowest BCUT2D eigenvalue weighted by atomic mass is 9.89. The Morgan fingerprint density at radius 3 is 2.45 bits per heavy atom. The molecule has 0 spiro atoms. The third kappa shape index (κ3) is 7.16. The summed E-state index contributed by atoms with van der Waals surface area (Å²) in [7, 11) is 1.91. The highest BCUT2D eigenvalue weighted by Gasteiger charge is 2.28. The molecule has 2 heterocycles. The van der Waals surface area contributed by atoms with E-state index in [1.807, 2.05) is 11.9 Å². The number of carboxylic acid groups (broad SMARTS) is 2. The second kappa shape index (κ2) is 12.6. The SMILES string of the molecule is CN(CC1=Nc2c(N)nc(N)nc2N(CC2CCCCC2)C1)c1ccc(C(=O)N[C@@H](CCC(=O)O)C(=O)O)cc1. The number of carboxylic acids is 2. The molecule has 0 unspecified atom stereocenters. The molecule has 1 aliphatic carbocycles. The van der Waals surface area contributed by atoms with Crippen LogP contribution < -0.4 is 26.6 Å². The number of nitrogens with one attached hydrogen (secondary N) is 1. The van der Waals surface area contributed by atoms with Crippen molar-refractivity contribution in [2.75, 3.05) is 47.9 Å². The number of fused-ring (bicyclic) bond motifs is 1. The van der Waals surface area contributed by atoms with E-state index in [9.17, 15) is 19.5 Å². The summed E-state index contributed by atoms with van der Waals surface area (Å²) in [5.41, 5.74) is 14.6. The number of nitrogens with zero attached hydrogens (tertiary/aromatic N) is 5. The van der Waals surface area contributed by atoms with E-state index >= 15 is 0 Å². The molecule has 0 radical (unpaired) electrons. The van der Waals surface area contributed by atoms with Gasteiger partial charge >= 0.3 is 11.9 Å². The van der Waals surface area contributed by atoms with Gasteiger partial charge in [-0.05, 0) is 49.4 Å². The number of nitrogens with two attached hydrogens (primary N) is 2. The number of hydrogen-bond acceptors (Lipinski definition) is 10. The Labute approximate surface area is 232 Å². The number of aromatic nitrogens is 2. The van der Waals surface area contributed by atoms with Crippen molar-refractivity contribution < 1.29 is 24.6 Å². The van der Waals surface area contributed by atoms with Crippen molar-refractivity contribution in [1.29, 1.82) is 0 Å². The van der Waals surface area contributed by atoms with Gasteiger partial charge in [-0.1, -0.05) is 19.3 Å². The van der Waals surface area contributed by atoms with Gasteiger partial charge in [-0.25, -0.2) is 9.79 Å². The Morgan fingerprint density at radius 2 is 1.80 bits per heavy atom. The summed E-state index contributed by atoms with van der Waals surface area (Å²) in [6.45, 7) is 1.92. The first-order valence-corrected chi connectivity index (χ1v) is 13.4. The van der Waals surface area contributed by atoms with Crippen LogP contribution in [0.15, 0.2) is 29.3 Å². The fourth-order valence-electron chi connectivity index (χ4n) is 5.21. The third-order valence-electron chi connectivity index (χ3n) is 7.30. The van der Waals surface area contributed by atoms with Gasteiger partial charge in [0.1, 0.15) is 11.7 Å². The van der Waals surface area contributed by atoms with Crippen LogP contribution in [-0.4, -0.2) is 76.5 Å². The normalized spacial score (nSPS) is 16.0. The van der Waals surface area contributed by atoms with Gasteiger partial charge in [-0.3, -0.25) is 9.59 Å². The van der Waals surface area contributed by atoms with Crippen LogP contribution in [0, 0.1) is 5.92 Å². The number of anilines is 4. The maximum Gasteiger partial charge on any atom is 0.326 e. The second-order valence-corrected chi connectivity index (χ2v) is 10.4. The minimum absolute atomic E-state index is 0.126. The minimum Gasteiger partial charge on any atom is -0.481 e. The molecule has 0 bridgehead atoms. The molecule has 1 atom stereocenters. The third-order valence-corrected chi connectivity index (χ3v) is 7.30. The van der Waals surface area contributed by atoms with E-state index in [2.05, 4.69) is 20.2 Å². The molecule has 2 aliphatic rings. The summed E-state index contributed by atoms with van der Waals surface area (Å²) in [6.07, 6.45) is 5.54. The van der Waals surface area contributed by atoms with Crippen LogP contribution in [0.4, 0.5) is 29.0 Å². The highest BCUT2D eigenvalue weighted by atomic mass is 16.4. The Kier molecular flexibility index (Phi) is 9.02. The van der Waals surface area contributed by atoms with Crippen LogP contribution in [0.25, 0.3) is 0 Å². The number of aliphatic carboxylic acids is 2. The largest absolute Gasteiger partial charge is 0.481 e. The molecule has 1 aromatic carbocycles. The van der Waals surface area contributed by atoms with Gasteiger partial charge in [-0.2, -0.15) is 9.97 Å². The van der Waals surface area contributed by atoms with Crippen molar-refractivity contribution in [3.05, 3.63) is 29.8 Å². The molecule has 1 fully saturated rings. The Hall–Kier alpha value is -4.42. The number of hydrogen-bond donors (Lipinski definition) is 5. The van der Waals surface area contributed by atoms with Crippen molar-refractivity contribution in [3.8, 4) is 0 Å². The van der Waals surface area contributed by atoms with Crippen molar-refractivity contribution in [2.24, 2.45) is 10.9 Å². The fourth-order valence-corrected chi connectivity index (χ4v) is 5.21. The van der Waals surface area contributed by atoms with Crippen molar-refractivity contribution in [1.82, 2.24) is 15.3 Å². The molecule has 1 aliphatic heterocycles. The van der Waals surface area contributed by atoms with Crippen molar-refractivity contribution in [2.45, 2.75) is 51.0 Å². The Balaban J connectivity index is 1.45. The molecule has 40 heavy (non-hydrogen) atoms. The number of benzene rings is 1. The topological polar surface area (TPSA) is 200 Å². The van der Waals surface area contributed by atoms with Crippen LogP contribution >= 0.6 is 0 Å². The number of carbonyl (C=O) groups is 3. The Bertz CT molecular complexity index is 1280. The monoisotopic (exact) mass is 552 g/mol. The van der Waals surface area contributed by atoms with Gasteiger partial charge in [0.2, 0.25) is 5.95 Å². The molecular formula is C27H36N8O5. The zero-order valence-electron chi connectivity index (χ0n) is 22.5. The first-order valence-electron chi connectivity index (χ1n) is 13.4. The number of nitrogen functional groups attached to an aromatic ring is 2. The standard InChI is InChI=1S/C27H36N8O5/c1-34(19-9-7-17(8-10-19)25(38)31-20(26(39)40)11-12-21(36)37)14-18-15-35(13-16-5-3-2-4-6-16)24-22(30-18)23(28)32-27(29)33-24/h7-10,16,20H,2-6,11-15H2,1H3,(H,31,38)(H,36,37)(H,39,40)(H4,28,29,32,33)/t20-/m0/s1. The molecule has 4 rings (SSSR count). The molecule has 13 heteroatoms. The number of amides is 1. The van der Waals surface area contributed by atoms with E-state index in [1.54, 1.807) is 24.3 Å². The number of aliphatic imine (C=N–C) groups is 1. The van der Waals surface area contributed by atoms with Crippen LogP contribution in [-0.2, 0) is 9.59 Å². The summed E-state index contributed by atoms with van der Waals surface area (Å²) in [6, 6.07) is 5.42. The zero-order valence-corrected chi connectivity index (χ0v) is 22.5. The van der Waals surface area contributed by atoms with Gasteiger partial charge in [0.05, 0.1) is 18.8 Å². The summed E-state index contributed by atoms with van der Waals surface area (Å²) in [5, 5.41) is 20.5. The first-order chi connectivity index (χ1) is 19.1. The van der Waals surface area contributed by atoms with Gasteiger partial charge in [0.15, 0.2) is 11.6 Å². The number of carbonyl (C=O) groups excluding carboxylic acids is 1. The molecular weight excluding hydrogens is 516 g/mol. The van der Waals surface area contributed by atoms with Crippen LogP contribution in [0.5, 0.6) is 0 Å². The molecule has 214 valence electrons. The maximum atomic E-state index is 12.6. The van der Waals surface area contributed by atoms with E-state index in [-0.39, 0.29) is 30.2 Å². The van der Waals surface area contributed by atoms with E-state index < -0.39 is 23.9 Å². The predicted octanol–water partition coefficient (Wildman–Crippen LogP) is 2.30. The van der Waals surface area contributed by atoms with E-state index in [0.717, 1.165) is 17.9 Å². The van der Waals surface area contributed by atoms with Crippen LogP contribution in [0.1, 0.15) is 55.3 Å². The van der Waals surface area contributed by atoms with Gasteiger partial charge in [0, 0.05) is 31.3 Å². The lowest BCUT2D eigenvalue weighted by Gasteiger charge is -2.35. The lowest BCUT2D eigenvalue weighted by Crippen LogP contribution is -2.41. The smallest absolute Gasteiger partial charge is 0.326 e. The maximum absolute atomic E-state index is 12.6. The predicted molar refractivity (Wildman–Crippen MR) is 152 cm³/mol. The highest BCUT2D eigenvalue weighted by Crippen LogP contribution is 2.37. The van der Waals surface area contributed by atoms with Crippen molar-refractivity contribution >= 4 is 52.5 Å². The van der Waals surface area contributed by atoms with Gasteiger partial charge < -0.3 is 36.8 Å². The fraction of sp³-hybridized carbons (Fsp3) is 0.481. The van der Waals surface area contributed by atoms with Gasteiger partial charge in [-0.15, -0.1) is 0 Å². The minimum atomic E-state index is -1.29. The molecule has 7 N–H and O–H groups in total. The quantitative estimate of drug-likeness (QED) is 0.274. The second-order valence-electron chi connectivity index (χ2n) is 10.4. The van der Waals surface area contributed by atoms with Crippen molar-refractivity contribution in [3.63, 3.8) is 0 Å². The summed E-state index contributed by atoms with van der Waals surface area (Å²) in [5.74, 6) is -1.40. The van der Waals surface area contributed by atoms with E-state index in [1.165, 1.54) is 32.1 Å². The molecule has 1 aromatic heterocycles. The molecule has 1 amide bonds. The summed E-state index contributed by atoms with van der Waals surface area (Å²) in [4.78, 5) is 52.3. The Morgan fingerprint density at radius 1 is 1.10 bits per heavy atom. The highest BCUT2D eigenvalue weighted by molar-refractivity contribution is 6.00. The van der Waals surface area contributed by atoms with Crippen LogP contribution in [0.3, 0.4) is 0 Å².